The molecule has 3 nitrogen and oxygen atoms in total. The van der Waals surface area contributed by atoms with Crippen LogP contribution in [-0.4, -0.2) is 16.5 Å². The first kappa shape index (κ1) is 13.4. The summed E-state index contributed by atoms with van der Waals surface area (Å²) in [5, 5.41) is 0. The fourth-order valence-corrected chi connectivity index (χ4v) is 3.06. The number of imidazole rings is 1. The Labute approximate surface area is 120 Å². The van der Waals surface area contributed by atoms with Crippen molar-refractivity contribution in [2.45, 2.75) is 44.9 Å². The van der Waals surface area contributed by atoms with Crippen molar-refractivity contribution in [3.05, 3.63) is 41.3 Å². The van der Waals surface area contributed by atoms with Crippen LogP contribution in [0.1, 0.15) is 49.1 Å². The Hall–Kier alpha value is -1.61. The Morgan fingerprint density at radius 3 is 2.80 bits per heavy atom. The number of benzene rings is 1. The summed E-state index contributed by atoms with van der Waals surface area (Å²) < 4.78 is 0. The van der Waals surface area contributed by atoms with Gasteiger partial charge in [0.05, 0.1) is 11.9 Å². The third-order valence-electron chi connectivity index (χ3n) is 4.42. The van der Waals surface area contributed by atoms with Gasteiger partial charge in [0.25, 0.3) is 0 Å². The molecule has 20 heavy (non-hydrogen) atoms. The van der Waals surface area contributed by atoms with Gasteiger partial charge in [-0.25, -0.2) is 4.98 Å². The maximum absolute atomic E-state index is 5.79. The molecule has 1 heterocycles. The molecular formula is C17H23N3. The quantitative estimate of drug-likeness (QED) is 0.893. The minimum atomic E-state index is 0.335. The number of aromatic nitrogens is 2. The summed E-state index contributed by atoms with van der Waals surface area (Å²) in [6.07, 6.45) is 8.05. The van der Waals surface area contributed by atoms with E-state index in [4.69, 9.17) is 5.73 Å². The van der Waals surface area contributed by atoms with Gasteiger partial charge in [-0.1, -0.05) is 19.1 Å². The third kappa shape index (κ3) is 2.50. The molecule has 0 saturated heterocycles. The molecule has 0 aliphatic heterocycles. The number of aromatic amines is 1. The topological polar surface area (TPSA) is 54.7 Å². The number of aryl methyl sites for hydroxylation is 2. The Kier molecular flexibility index (Phi) is 3.88. The van der Waals surface area contributed by atoms with Gasteiger partial charge in [0, 0.05) is 12.5 Å². The number of nitrogens with zero attached hydrogens (tertiary/aromatic N) is 1. The first-order valence-electron chi connectivity index (χ1n) is 7.69. The van der Waals surface area contributed by atoms with Crippen LogP contribution >= 0.6 is 0 Å². The molecule has 0 spiro atoms. The maximum atomic E-state index is 5.79. The van der Waals surface area contributed by atoms with Gasteiger partial charge in [0.1, 0.15) is 5.82 Å². The van der Waals surface area contributed by atoms with Gasteiger partial charge in [-0.3, -0.25) is 0 Å². The van der Waals surface area contributed by atoms with Crippen molar-refractivity contribution in [3.8, 4) is 11.3 Å². The molecule has 0 bridgehead atoms. The number of nitrogens with two attached hydrogens (primary N) is 1. The van der Waals surface area contributed by atoms with Crippen LogP contribution in [-0.2, 0) is 12.8 Å². The van der Waals surface area contributed by atoms with Crippen molar-refractivity contribution in [2.75, 3.05) is 6.54 Å². The minimum Gasteiger partial charge on any atom is -0.342 e. The van der Waals surface area contributed by atoms with Gasteiger partial charge < -0.3 is 10.7 Å². The van der Waals surface area contributed by atoms with Gasteiger partial charge in [-0.2, -0.15) is 0 Å². The van der Waals surface area contributed by atoms with Crippen LogP contribution in [0, 0.1) is 0 Å². The molecule has 1 aromatic heterocycles. The maximum Gasteiger partial charge on any atom is 0.110 e. The second kappa shape index (κ2) is 5.80. The van der Waals surface area contributed by atoms with Crippen LogP contribution in [0.3, 0.4) is 0 Å². The summed E-state index contributed by atoms with van der Waals surface area (Å²) in [7, 11) is 0. The van der Waals surface area contributed by atoms with Crippen molar-refractivity contribution in [2.24, 2.45) is 5.73 Å². The summed E-state index contributed by atoms with van der Waals surface area (Å²) >= 11 is 0. The van der Waals surface area contributed by atoms with E-state index < -0.39 is 0 Å². The second-order valence-electron chi connectivity index (χ2n) is 5.71. The summed E-state index contributed by atoms with van der Waals surface area (Å²) in [5.41, 5.74) is 11.2. The molecule has 1 aromatic carbocycles. The molecule has 1 aliphatic carbocycles. The monoisotopic (exact) mass is 269 g/mol. The largest absolute Gasteiger partial charge is 0.342 e. The molecule has 106 valence electrons. The Morgan fingerprint density at radius 2 is 2.05 bits per heavy atom. The molecule has 0 saturated carbocycles. The van der Waals surface area contributed by atoms with Gasteiger partial charge >= 0.3 is 0 Å². The lowest BCUT2D eigenvalue weighted by molar-refractivity contribution is 0.639. The highest BCUT2D eigenvalue weighted by Crippen LogP contribution is 2.27. The molecule has 2 aromatic rings. The average molecular weight is 269 g/mol. The van der Waals surface area contributed by atoms with Crippen LogP contribution in [0.4, 0.5) is 0 Å². The summed E-state index contributed by atoms with van der Waals surface area (Å²) in [4.78, 5) is 7.96. The number of hydrogen-bond donors (Lipinski definition) is 2. The molecule has 3 rings (SSSR count). The normalized spacial score (nSPS) is 15.9. The van der Waals surface area contributed by atoms with Crippen LogP contribution in [0.2, 0.25) is 0 Å². The number of nitrogens with one attached hydrogen (secondary N) is 1. The molecule has 3 heteroatoms. The van der Waals surface area contributed by atoms with Crippen LogP contribution in [0.15, 0.2) is 24.4 Å². The highest BCUT2D eigenvalue weighted by Gasteiger charge is 2.14. The van der Waals surface area contributed by atoms with Gasteiger partial charge in [0.2, 0.25) is 0 Å². The number of H-pyrrole nitrogens is 1. The van der Waals surface area contributed by atoms with Gasteiger partial charge in [-0.05, 0) is 54.9 Å². The second-order valence-corrected chi connectivity index (χ2v) is 5.71. The predicted molar refractivity (Wildman–Crippen MR) is 82.8 cm³/mol. The summed E-state index contributed by atoms with van der Waals surface area (Å²) in [6.45, 7) is 2.80. The van der Waals surface area contributed by atoms with E-state index in [9.17, 15) is 0 Å². The summed E-state index contributed by atoms with van der Waals surface area (Å²) in [5.74, 6) is 1.35. The van der Waals surface area contributed by atoms with Crippen LogP contribution in [0.25, 0.3) is 11.3 Å². The molecule has 0 radical (unpaired) electrons. The highest BCUT2D eigenvalue weighted by molar-refractivity contribution is 5.61. The number of rotatable bonds is 4. The first-order valence-corrected chi connectivity index (χ1v) is 7.69. The molecule has 1 atom stereocenters. The van der Waals surface area contributed by atoms with Crippen molar-refractivity contribution in [3.63, 3.8) is 0 Å². The SMILES string of the molecule is CCC(CN)c1ncc(-c2ccc3c(c2)CCCC3)[nH]1. The molecule has 3 N–H and O–H groups in total. The van der Waals surface area contributed by atoms with E-state index in [1.165, 1.54) is 42.4 Å². The van der Waals surface area contributed by atoms with E-state index in [1.54, 1.807) is 0 Å². The summed E-state index contributed by atoms with van der Waals surface area (Å²) in [6, 6.07) is 6.82. The number of hydrogen-bond acceptors (Lipinski definition) is 2. The highest BCUT2D eigenvalue weighted by atomic mass is 14.9. The van der Waals surface area contributed by atoms with Gasteiger partial charge in [-0.15, -0.1) is 0 Å². The van der Waals surface area contributed by atoms with Crippen LogP contribution in [0.5, 0.6) is 0 Å². The zero-order valence-corrected chi connectivity index (χ0v) is 12.2. The number of fused-ring (bicyclic) bond motifs is 1. The third-order valence-corrected chi connectivity index (χ3v) is 4.42. The van der Waals surface area contributed by atoms with E-state index in [-0.39, 0.29) is 0 Å². The molecule has 1 aliphatic rings. The Bertz CT molecular complexity index is 582. The standard InChI is InChI=1S/C17H23N3/c1-2-12(10-18)17-19-11-16(20-17)15-8-7-13-5-3-4-6-14(13)9-15/h7-9,11-12H,2-6,10,18H2,1H3,(H,19,20). The van der Waals surface area contributed by atoms with E-state index >= 15 is 0 Å². The predicted octanol–water partition coefficient (Wildman–Crippen LogP) is 3.41. The molecule has 0 fully saturated rings. The minimum absolute atomic E-state index is 0.335. The van der Waals surface area contributed by atoms with Crippen molar-refractivity contribution in [1.29, 1.82) is 0 Å². The Morgan fingerprint density at radius 1 is 1.25 bits per heavy atom. The first-order chi connectivity index (χ1) is 9.81. The molecule has 1 unspecified atom stereocenters. The zero-order chi connectivity index (χ0) is 13.9. The van der Waals surface area contributed by atoms with Crippen molar-refractivity contribution in [1.82, 2.24) is 9.97 Å². The van der Waals surface area contributed by atoms with Crippen molar-refractivity contribution < 1.29 is 0 Å². The van der Waals surface area contributed by atoms with E-state index in [1.807, 2.05) is 6.20 Å². The smallest absolute Gasteiger partial charge is 0.110 e. The lowest BCUT2D eigenvalue weighted by atomic mass is 9.90. The molecule has 0 amide bonds. The van der Waals surface area contributed by atoms with Gasteiger partial charge in [0.15, 0.2) is 0 Å². The lowest BCUT2D eigenvalue weighted by Crippen LogP contribution is -2.12. The zero-order valence-electron chi connectivity index (χ0n) is 12.2. The van der Waals surface area contributed by atoms with E-state index in [0.29, 0.717) is 12.5 Å². The lowest BCUT2D eigenvalue weighted by Gasteiger charge is -2.16. The van der Waals surface area contributed by atoms with Crippen LogP contribution < -0.4 is 5.73 Å². The molecular weight excluding hydrogens is 246 g/mol. The van der Waals surface area contributed by atoms with E-state index in [0.717, 1.165) is 17.9 Å². The fourth-order valence-electron chi connectivity index (χ4n) is 3.06. The fraction of sp³-hybridized carbons (Fsp3) is 0.471. The van der Waals surface area contributed by atoms with E-state index in [2.05, 4.69) is 35.1 Å². The Balaban J connectivity index is 1.89. The van der Waals surface area contributed by atoms with Crippen molar-refractivity contribution >= 4 is 0 Å². The average Bonchev–Trinajstić information content (AvgIpc) is 2.98.